The summed E-state index contributed by atoms with van der Waals surface area (Å²) in [7, 11) is 0. The van der Waals surface area contributed by atoms with Crippen molar-refractivity contribution in [3.63, 3.8) is 0 Å². The second-order valence-corrected chi connectivity index (χ2v) is 0. The molecule has 0 aliphatic rings. The molecule has 0 N–H and O–H groups in total. The molecule has 0 aliphatic carbocycles. The van der Waals surface area contributed by atoms with Crippen molar-refractivity contribution in [1.29, 1.82) is 0 Å². The largest absolute Gasteiger partial charge is 4.00 e. The topological polar surface area (TPSA) is 0 Å². The standard InChI is InChI=1S/Al.3ClH.Li.Ti.H/h;3*1H;;;/q+3;;;;+1;+4;-1/p-3. The van der Waals surface area contributed by atoms with Crippen LogP contribution >= 0.6 is 0 Å². The third-order valence-corrected chi connectivity index (χ3v) is 0. The number of hydrogen-bond acceptors (Lipinski definition) is 0. The van der Waals surface area contributed by atoms with E-state index < -0.39 is 0 Å². The number of halogens is 3. The summed E-state index contributed by atoms with van der Waals surface area (Å²) in [6.45, 7) is 0. The Morgan fingerprint density at radius 3 is 0.833 bits per heavy atom. The molecule has 0 saturated carbocycles. The summed E-state index contributed by atoms with van der Waals surface area (Å²) in [5, 5.41) is 0. The first-order chi connectivity index (χ1) is 0. The van der Waals surface area contributed by atoms with E-state index in [1.807, 2.05) is 0 Å². The van der Waals surface area contributed by atoms with Gasteiger partial charge in [-0.2, -0.15) is 0 Å². The third-order valence-electron chi connectivity index (χ3n) is 0. The van der Waals surface area contributed by atoms with Gasteiger partial charge < -0.3 is 38.6 Å². The van der Waals surface area contributed by atoms with Gasteiger partial charge in [-0.05, 0) is 0 Å². The summed E-state index contributed by atoms with van der Waals surface area (Å²) < 4.78 is 0. The zero-order valence-electron chi connectivity index (χ0n) is 4.21. The second kappa shape index (κ2) is 47.2. The molecule has 0 nitrogen and oxygen atoms in total. The normalized spacial score (nSPS) is 0. The van der Waals surface area contributed by atoms with Crippen LogP contribution in [0.25, 0.3) is 0 Å². The minimum absolute atomic E-state index is 0. The SMILES string of the molecule is [Al+3].[Cl-].[Cl-].[Cl-].[H-].[Li+].[Ti+4]. The molecule has 26 valence electrons. The fourth-order valence-corrected chi connectivity index (χ4v) is 0. The van der Waals surface area contributed by atoms with Crippen LogP contribution in [0.4, 0.5) is 0 Å². The Balaban J connectivity index is 0. The predicted octanol–water partition coefficient (Wildman–Crippen LogP) is -12.3. The van der Waals surface area contributed by atoms with Crippen molar-refractivity contribution in [1.82, 2.24) is 0 Å². The van der Waals surface area contributed by atoms with Gasteiger partial charge in [0, 0.05) is 0 Å². The third kappa shape index (κ3) is 29.8. The van der Waals surface area contributed by atoms with E-state index in [0.29, 0.717) is 0 Å². The quantitative estimate of drug-likeness (QED) is 0.332. The molecular weight excluding hydrogens is 188 g/mol. The predicted molar refractivity (Wildman–Crippen MR) is 6.87 cm³/mol. The van der Waals surface area contributed by atoms with Gasteiger partial charge in [-0.1, -0.05) is 0 Å². The summed E-state index contributed by atoms with van der Waals surface area (Å²) in [5.74, 6) is 0. The fraction of sp³-hybridized carbons (Fsp3) is 0. The van der Waals surface area contributed by atoms with E-state index in [4.69, 9.17) is 0 Å². The van der Waals surface area contributed by atoms with Gasteiger partial charge in [0.2, 0.25) is 0 Å². The number of hydrogen-bond donors (Lipinski definition) is 0. The van der Waals surface area contributed by atoms with E-state index in [1.165, 1.54) is 0 Å². The Morgan fingerprint density at radius 2 is 0.833 bits per heavy atom. The molecule has 6 heavy (non-hydrogen) atoms. The molecule has 0 fully saturated rings. The van der Waals surface area contributed by atoms with E-state index in [0.717, 1.165) is 0 Å². The fourth-order valence-electron chi connectivity index (χ4n) is 0. The Bertz CT molecular complexity index is 14.9. The van der Waals surface area contributed by atoms with Crippen LogP contribution in [-0.2, 0) is 21.7 Å². The van der Waals surface area contributed by atoms with Crippen LogP contribution in [0, 0.1) is 0 Å². The average Bonchev–Trinajstić information content (AvgIpc) is 0. The number of rotatable bonds is 0. The van der Waals surface area contributed by atoms with Gasteiger partial charge in [0.25, 0.3) is 0 Å². The van der Waals surface area contributed by atoms with E-state index in [-0.39, 0.29) is 96.6 Å². The molecule has 0 bridgehead atoms. The van der Waals surface area contributed by atoms with Crippen molar-refractivity contribution in [3.8, 4) is 0 Å². The first-order valence-corrected chi connectivity index (χ1v) is 0. The Kier molecular flexibility index (Phi) is 554. The molecule has 0 amide bonds. The molecule has 0 atom stereocenters. The smallest absolute Gasteiger partial charge is 1.00 e. The maximum absolute atomic E-state index is 0. The molecule has 0 rings (SSSR count). The van der Waals surface area contributed by atoms with Crippen LogP contribution in [0.3, 0.4) is 0 Å². The minimum atomic E-state index is 0. The Morgan fingerprint density at radius 1 is 0.833 bits per heavy atom. The molecule has 0 aromatic heterocycles. The van der Waals surface area contributed by atoms with Gasteiger partial charge in [0.05, 0.1) is 0 Å². The molecule has 0 spiro atoms. The van der Waals surface area contributed by atoms with Crippen molar-refractivity contribution in [3.05, 3.63) is 0 Å². The van der Waals surface area contributed by atoms with E-state index in [2.05, 4.69) is 0 Å². The molecule has 0 radical (unpaired) electrons. The molecule has 0 aromatic rings. The van der Waals surface area contributed by atoms with Crippen molar-refractivity contribution in [2.24, 2.45) is 0 Å². The zero-order chi connectivity index (χ0) is 0. The van der Waals surface area contributed by atoms with Gasteiger partial charge in [0.15, 0.2) is 0 Å². The van der Waals surface area contributed by atoms with Crippen LogP contribution in [-0.4, -0.2) is 17.4 Å². The molecule has 0 saturated heterocycles. The van der Waals surface area contributed by atoms with Crippen molar-refractivity contribution >= 4 is 17.4 Å². The van der Waals surface area contributed by atoms with Crippen LogP contribution in [0.5, 0.6) is 0 Å². The van der Waals surface area contributed by atoms with Gasteiger partial charge in [-0.25, -0.2) is 0 Å². The molecule has 0 unspecified atom stereocenters. The summed E-state index contributed by atoms with van der Waals surface area (Å²) in [5.41, 5.74) is 0. The van der Waals surface area contributed by atoms with Crippen LogP contribution in [0.1, 0.15) is 1.43 Å². The first kappa shape index (κ1) is 70.4. The summed E-state index contributed by atoms with van der Waals surface area (Å²) >= 11 is 0. The van der Waals surface area contributed by atoms with E-state index in [9.17, 15) is 0 Å². The van der Waals surface area contributed by atoms with Crippen molar-refractivity contribution in [2.45, 2.75) is 0 Å². The maximum atomic E-state index is 0. The van der Waals surface area contributed by atoms with Gasteiger partial charge in [-0.3, -0.25) is 0 Å². The van der Waals surface area contributed by atoms with Crippen molar-refractivity contribution < 1.29 is 79.2 Å². The van der Waals surface area contributed by atoms with Crippen LogP contribution in [0.2, 0.25) is 0 Å². The first-order valence-electron chi connectivity index (χ1n) is 0. The van der Waals surface area contributed by atoms with Crippen LogP contribution in [0.15, 0.2) is 0 Å². The average molecular weight is 189 g/mol. The Labute approximate surface area is 95.5 Å². The zero-order valence-corrected chi connectivity index (χ0v) is 8.20. The van der Waals surface area contributed by atoms with Gasteiger partial charge >= 0.3 is 57.9 Å². The monoisotopic (exact) mass is 188 g/mol. The van der Waals surface area contributed by atoms with Gasteiger partial charge in [0.1, 0.15) is 0 Å². The summed E-state index contributed by atoms with van der Waals surface area (Å²) in [6, 6.07) is 0. The van der Waals surface area contributed by atoms with Gasteiger partial charge in [-0.15, -0.1) is 0 Å². The summed E-state index contributed by atoms with van der Waals surface area (Å²) in [4.78, 5) is 0. The second-order valence-electron chi connectivity index (χ2n) is 0. The van der Waals surface area contributed by atoms with E-state index in [1.54, 1.807) is 0 Å². The van der Waals surface area contributed by atoms with Crippen molar-refractivity contribution in [2.75, 3.05) is 0 Å². The van der Waals surface area contributed by atoms with Crippen LogP contribution < -0.4 is 56.1 Å². The molecule has 6 heteroatoms. The summed E-state index contributed by atoms with van der Waals surface area (Å²) in [6.07, 6.45) is 0. The molecular formula is HAlCl3LiTi+4. The maximum Gasteiger partial charge on any atom is 4.00 e. The minimum Gasteiger partial charge on any atom is -1.00 e. The molecule has 0 aliphatic heterocycles. The molecule has 0 aromatic carbocycles. The van der Waals surface area contributed by atoms with E-state index >= 15 is 0 Å². The Hall–Kier alpha value is 2.71. The molecule has 0 heterocycles.